The molecule has 3 nitrogen and oxygen atoms in total. The largest absolute Gasteiger partial charge is 0.333 e. The monoisotopic (exact) mass is 272 g/mol. The third kappa shape index (κ3) is 2.16. The molecule has 20 heavy (non-hydrogen) atoms. The summed E-state index contributed by atoms with van der Waals surface area (Å²) in [5.41, 5.74) is 0.579. The van der Waals surface area contributed by atoms with Crippen molar-refractivity contribution in [1.82, 2.24) is 10.2 Å². The average molecular weight is 272 g/mol. The molecule has 0 bridgehead atoms. The Morgan fingerprint density at radius 1 is 1.25 bits per heavy atom. The third-order valence-corrected chi connectivity index (χ3v) is 3.86. The highest BCUT2D eigenvalue weighted by molar-refractivity contribution is 6.07. The van der Waals surface area contributed by atoms with E-state index < -0.39 is 0 Å². The molecule has 0 aliphatic carbocycles. The number of amides is 1. The molecule has 0 spiro atoms. The predicted octanol–water partition coefficient (Wildman–Crippen LogP) is 2.41. The van der Waals surface area contributed by atoms with Gasteiger partial charge in [0.15, 0.2) is 0 Å². The van der Waals surface area contributed by atoms with Gasteiger partial charge in [-0.1, -0.05) is 24.3 Å². The predicted molar refractivity (Wildman–Crippen MR) is 77.3 cm³/mol. The minimum absolute atomic E-state index is 0.0183. The van der Waals surface area contributed by atoms with Crippen molar-refractivity contribution in [3.05, 3.63) is 47.8 Å². The van der Waals surface area contributed by atoms with E-state index >= 15 is 0 Å². The van der Waals surface area contributed by atoms with Gasteiger partial charge in [0.1, 0.15) is 5.82 Å². The van der Waals surface area contributed by atoms with Crippen LogP contribution in [0, 0.1) is 5.82 Å². The van der Waals surface area contributed by atoms with Crippen LogP contribution in [0.3, 0.4) is 0 Å². The van der Waals surface area contributed by atoms with E-state index in [4.69, 9.17) is 0 Å². The number of nitrogens with zero attached hydrogens (tertiary/aromatic N) is 1. The van der Waals surface area contributed by atoms with Crippen LogP contribution in [0.25, 0.3) is 10.8 Å². The summed E-state index contributed by atoms with van der Waals surface area (Å²) in [6, 6.07) is 10.3. The minimum Gasteiger partial charge on any atom is -0.333 e. The number of nitrogens with one attached hydrogen (secondary N) is 1. The van der Waals surface area contributed by atoms with Gasteiger partial charge in [0, 0.05) is 36.6 Å². The minimum atomic E-state index is -0.287. The highest BCUT2D eigenvalue weighted by atomic mass is 19.1. The van der Waals surface area contributed by atoms with Gasteiger partial charge in [0.2, 0.25) is 0 Å². The molecular formula is C16H17FN2O. The lowest BCUT2D eigenvalue weighted by Crippen LogP contribution is -2.52. The lowest BCUT2D eigenvalue weighted by atomic mass is 10.0. The molecule has 0 saturated carbocycles. The molecule has 0 aromatic heterocycles. The van der Waals surface area contributed by atoms with Gasteiger partial charge in [0.25, 0.3) is 5.91 Å². The van der Waals surface area contributed by atoms with Crippen LogP contribution in [0.5, 0.6) is 0 Å². The summed E-state index contributed by atoms with van der Waals surface area (Å²) >= 11 is 0. The maximum atomic E-state index is 13.8. The Labute approximate surface area is 117 Å². The van der Waals surface area contributed by atoms with Crippen molar-refractivity contribution >= 4 is 16.7 Å². The second kappa shape index (κ2) is 5.21. The quantitative estimate of drug-likeness (QED) is 0.864. The Morgan fingerprint density at radius 3 is 2.75 bits per heavy atom. The van der Waals surface area contributed by atoms with E-state index in [9.17, 15) is 9.18 Å². The zero-order valence-corrected chi connectivity index (χ0v) is 11.4. The van der Waals surface area contributed by atoms with Crippen LogP contribution >= 0.6 is 0 Å². The first-order valence-electron chi connectivity index (χ1n) is 6.87. The van der Waals surface area contributed by atoms with Gasteiger partial charge in [-0.2, -0.15) is 0 Å². The zero-order chi connectivity index (χ0) is 14.1. The number of hydrogen-bond acceptors (Lipinski definition) is 2. The Kier molecular flexibility index (Phi) is 3.40. The fourth-order valence-electron chi connectivity index (χ4n) is 2.75. The van der Waals surface area contributed by atoms with Gasteiger partial charge >= 0.3 is 0 Å². The summed E-state index contributed by atoms with van der Waals surface area (Å²) in [5, 5.41) is 4.45. The molecule has 1 saturated heterocycles. The Bertz CT molecular complexity index is 656. The van der Waals surface area contributed by atoms with Crippen molar-refractivity contribution in [3.63, 3.8) is 0 Å². The van der Waals surface area contributed by atoms with Gasteiger partial charge in [-0.3, -0.25) is 4.79 Å². The summed E-state index contributed by atoms with van der Waals surface area (Å²) in [4.78, 5) is 14.6. The molecule has 104 valence electrons. The first kappa shape index (κ1) is 13.1. The lowest BCUT2D eigenvalue weighted by molar-refractivity contribution is 0.0658. The van der Waals surface area contributed by atoms with Crippen LogP contribution in [0.2, 0.25) is 0 Å². The number of hydrogen-bond donors (Lipinski definition) is 1. The lowest BCUT2D eigenvalue weighted by Gasteiger charge is -2.34. The number of benzene rings is 2. The number of carbonyl (C=O) groups excluding carboxylic acids is 1. The second-order valence-corrected chi connectivity index (χ2v) is 5.19. The summed E-state index contributed by atoms with van der Waals surface area (Å²) in [6.07, 6.45) is 0. The molecule has 1 amide bonds. The molecule has 3 rings (SSSR count). The van der Waals surface area contributed by atoms with Crippen LogP contribution in [0.4, 0.5) is 4.39 Å². The molecular weight excluding hydrogens is 255 g/mol. The normalized spacial score (nSPS) is 19.3. The van der Waals surface area contributed by atoms with E-state index in [0.29, 0.717) is 22.9 Å². The van der Waals surface area contributed by atoms with Gasteiger partial charge in [-0.05, 0) is 24.4 Å². The maximum absolute atomic E-state index is 13.8. The molecule has 1 aliphatic heterocycles. The molecule has 0 radical (unpaired) electrons. The Morgan fingerprint density at radius 2 is 2.00 bits per heavy atom. The first-order chi connectivity index (χ1) is 9.68. The van der Waals surface area contributed by atoms with E-state index in [0.717, 1.165) is 13.1 Å². The molecule has 1 fully saturated rings. The number of piperazine rings is 1. The molecule has 2 aromatic carbocycles. The molecule has 4 heteroatoms. The van der Waals surface area contributed by atoms with Crippen molar-refractivity contribution < 1.29 is 9.18 Å². The van der Waals surface area contributed by atoms with Gasteiger partial charge in [-0.15, -0.1) is 0 Å². The highest BCUT2D eigenvalue weighted by Gasteiger charge is 2.25. The van der Waals surface area contributed by atoms with Gasteiger partial charge in [-0.25, -0.2) is 4.39 Å². The van der Waals surface area contributed by atoms with Crippen molar-refractivity contribution in [2.45, 2.75) is 13.0 Å². The fourth-order valence-corrected chi connectivity index (χ4v) is 2.75. The van der Waals surface area contributed by atoms with Gasteiger partial charge in [0.05, 0.1) is 0 Å². The smallest absolute Gasteiger partial charge is 0.254 e. The Hall–Kier alpha value is -1.94. The van der Waals surface area contributed by atoms with Crippen LogP contribution in [0.1, 0.15) is 17.3 Å². The van der Waals surface area contributed by atoms with Crippen LogP contribution in [0.15, 0.2) is 36.4 Å². The number of fused-ring (bicyclic) bond motifs is 1. The first-order valence-corrected chi connectivity index (χ1v) is 6.87. The molecule has 1 N–H and O–H groups in total. The maximum Gasteiger partial charge on any atom is 0.254 e. The number of carbonyl (C=O) groups is 1. The zero-order valence-electron chi connectivity index (χ0n) is 11.4. The van der Waals surface area contributed by atoms with Crippen LogP contribution < -0.4 is 5.32 Å². The van der Waals surface area contributed by atoms with Crippen molar-refractivity contribution in [2.75, 3.05) is 19.6 Å². The van der Waals surface area contributed by atoms with Crippen molar-refractivity contribution in [2.24, 2.45) is 0 Å². The van der Waals surface area contributed by atoms with Gasteiger partial charge < -0.3 is 10.2 Å². The molecule has 1 atom stereocenters. The summed E-state index contributed by atoms with van der Waals surface area (Å²) in [6.45, 7) is 4.31. The molecule has 1 heterocycles. The summed E-state index contributed by atoms with van der Waals surface area (Å²) in [7, 11) is 0. The fraction of sp³-hybridized carbons (Fsp3) is 0.312. The molecule has 1 aliphatic rings. The standard InChI is InChI=1S/C16H17FN2O/c1-11-10-18-8-9-19(11)16(20)14-6-7-15(17)13-5-3-2-4-12(13)14/h2-7,11,18H,8-10H2,1H3/t11-/m1/s1. The SMILES string of the molecule is C[C@@H]1CNCCN1C(=O)c1ccc(F)c2ccccc12. The third-order valence-electron chi connectivity index (χ3n) is 3.86. The van der Waals surface area contributed by atoms with E-state index in [2.05, 4.69) is 5.32 Å². The Balaban J connectivity index is 2.06. The summed E-state index contributed by atoms with van der Waals surface area (Å²) in [5.74, 6) is -0.305. The topological polar surface area (TPSA) is 32.3 Å². The average Bonchev–Trinajstić information content (AvgIpc) is 2.48. The highest BCUT2D eigenvalue weighted by Crippen LogP contribution is 2.23. The van der Waals surface area contributed by atoms with Crippen LogP contribution in [-0.2, 0) is 0 Å². The van der Waals surface area contributed by atoms with E-state index in [1.807, 2.05) is 17.9 Å². The van der Waals surface area contributed by atoms with E-state index in [1.54, 1.807) is 24.3 Å². The van der Waals surface area contributed by atoms with Crippen molar-refractivity contribution in [1.29, 1.82) is 0 Å². The second-order valence-electron chi connectivity index (χ2n) is 5.19. The number of halogens is 1. The summed E-state index contributed by atoms with van der Waals surface area (Å²) < 4.78 is 13.8. The van der Waals surface area contributed by atoms with E-state index in [1.165, 1.54) is 6.07 Å². The van der Waals surface area contributed by atoms with Crippen molar-refractivity contribution in [3.8, 4) is 0 Å². The van der Waals surface area contributed by atoms with E-state index in [-0.39, 0.29) is 17.8 Å². The van der Waals surface area contributed by atoms with Crippen LogP contribution in [-0.4, -0.2) is 36.5 Å². The number of rotatable bonds is 1. The molecule has 2 aromatic rings. The molecule has 0 unspecified atom stereocenters.